The van der Waals surface area contributed by atoms with E-state index in [1.54, 1.807) is 61.7 Å². The van der Waals surface area contributed by atoms with Gasteiger partial charge in [-0.2, -0.15) is 0 Å². The van der Waals surface area contributed by atoms with E-state index in [-0.39, 0.29) is 17.9 Å². The second-order valence-electron chi connectivity index (χ2n) is 7.78. The lowest BCUT2D eigenvalue weighted by atomic mass is 9.99. The SMILES string of the molecule is COc1cccc(CN2C(=O)C(O)=C(C(=O)c3cc4cccc(OC)c4o3)C2c2ccco2)c1. The lowest BCUT2D eigenvalue weighted by Crippen LogP contribution is -2.30. The van der Waals surface area contributed by atoms with Crippen LogP contribution in [0, 0.1) is 0 Å². The predicted molar refractivity (Wildman–Crippen MR) is 122 cm³/mol. The van der Waals surface area contributed by atoms with E-state index in [9.17, 15) is 14.7 Å². The number of hydrogen-bond donors (Lipinski definition) is 1. The molecule has 0 saturated heterocycles. The van der Waals surface area contributed by atoms with Crippen molar-refractivity contribution in [2.75, 3.05) is 14.2 Å². The molecule has 8 nitrogen and oxygen atoms in total. The first-order valence-electron chi connectivity index (χ1n) is 10.5. The van der Waals surface area contributed by atoms with Crippen molar-refractivity contribution in [3.05, 3.63) is 95.3 Å². The van der Waals surface area contributed by atoms with E-state index in [2.05, 4.69) is 0 Å². The minimum absolute atomic E-state index is 0.0198. The molecule has 34 heavy (non-hydrogen) atoms. The van der Waals surface area contributed by atoms with E-state index in [0.717, 1.165) is 5.56 Å². The van der Waals surface area contributed by atoms with Gasteiger partial charge in [0.25, 0.3) is 5.91 Å². The summed E-state index contributed by atoms with van der Waals surface area (Å²) in [6.45, 7) is 0.121. The van der Waals surface area contributed by atoms with Crippen molar-refractivity contribution in [1.82, 2.24) is 4.90 Å². The predicted octanol–water partition coefficient (Wildman–Crippen LogP) is 4.82. The molecule has 2 aromatic carbocycles. The van der Waals surface area contributed by atoms with Crippen molar-refractivity contribution < 1.29 is 33.0 Å². The zero-order valence-corrected chi connectivity index (χ0v) is 18.5. The third kappa shape index (κ3) is 3.49. The fourth-order valence-electron chi connectivity index (χ4n) is 4.20. The van der Waals surface area contributed by atoms with Crippen LogP contribution in [-0.4, -0.2) is 35.9 Å². The molecule has 5 rings (SSSR count). The van der Waals surface area contributed by atoms with E-state index in [1.807, 2.05) is 6.07 Å². The molecular weight excluding hydrogens is 438 g/mol. The van der Waals surface area contributed by atoms with Crippen LogP contribution in [0.25, 0.3) is 11.0 Å². The summed E-state index contributed by atoms with van der Waals surface area (Å²) >= 11 is 0. The highest BCUT2D eigenvalue weighted by Crippen LogP contribution is 2.41. The normalized spacial score (nSPS) is 15.9. The summed E-state index contributed by atoms with van der Waals surface area (Å²) in [6.07, 6.45) is 1.45. The molecule has 0 spiro atoms. The van der Waals surface area contributed by atoms with Gasteiger partial charge in [-0.3, -0.25) is 9.59 Å². The van der Waals surface area contributed by atoms with Gasteiger partial charge in [-0.1, -0.05) is 24.3 Å². The molecule has 0 bridgehead atoms. The maximum atomic E-state index is 13.6. The number of carbonyl (C=O) groups excluding carboxylic acids is 2. The lowest BCUT2D eigenvalue weighted by molar-refractivity contribution is -0.130. The molecule has 0 fully saturated rings. The number of rotatable bonds is 7. The quantitative estimate of drug-likeness (QED) is 0.395. The average Bonchev–Trinajstić information content (AvgIpc) is 3.59. The highest BCUT2D eigenvalue weighted by atomic mass is 16.5. The summed E-state index contributed by atoms with van der Waals surface area (Å²) in [5.74, 6) is -0.504. The molecule has 3 heterocycles. The third-order valence-electron chi connectivity index (χ3n) is 5.80. The molecule has 0 saturated carbocycles. The topological polar surface area (TPSA) is 102 Å². The molecule has 0 radical (unpaired) electrons. The van der Waals surface area contributed by atoms with Crippen molar-refractivity contribution in [2.45, 2.75) is 12.6 Å². The lowest BCUT2D eigenvalue weighted by Gasteiger charge is -2.25. The number of benzene rings is 2. The fourth-order valence-corrected chi connectivity index (χ4v) is 4.20. The van der Waals surface area contributed by atoms with Crippen molar-refractivity contribution in [3.8, 4) is 11.5 Å². The van der Waals surface area contributed by atoms with Crippen molar-refractivity contribution in [2.24, 2.45) is 0 Å². The minimum atomic E-state index is -0.934. The molecule has 1 atom stereocenters. The van der Waals surface area contributed by atoms with Crippen molar-refractivity contribution >= 4 is 22.7 Å². The molecule has 1 N–H and O–H groups in total. The summed E-state index contributed by atoms with van der Waals surface area (Å²) in [5, 5.41) is 11.5. The maximum Gasteiger partial charge on any atom is 0.290 e. The highest BCUT2D eigenvalue weighted by Gasteiger charge is 2.46. The minimum Gasteiger partial charge on any atom is -0.503 e. The number of ether oxygens (including phenoxy) is 2. The molecule has 1 unspecified atom stereocenters. The number of methoxy groups -OCH3 is 2. The number of Topliss-reactive ketones (excluding diaryl/α,β-unsaturated/α-hetero) is 1. The number of aliphatic hydroxyl groups is 1. The number of aliphatic hydroxyl groups excluding tert-OH is 1. The Morgan fingerprint density at radius 1 is 1.06 bits per heavy atom. The zero-order valence-electron chi connectivity index (χ0n) is 18.5. The monoisotopic (exact) mass is 459 g/mol. The van der Waals surface area contributed by atoms with Crippen LogP contribution in [0.15, 0.2) is 87.1 Å². The number of carbonyl (C=O) groups is 2. The Morgan fingerprint density at radius 2 is 1.88 bits per heavy atom. The van der Waals surface area contributed by atoms with Gasteiger partial charge in [0.15, 0.2) is 22.9 Å². The van der Waals surface area contributed by atoms with Crippen LogP contribution in [-0.2, 0) is 11.3 Å². The maximum absolute atomic E-state index is 13.6. The summed E-state index contributed by atoms with van der Waals surface area (Å²) in [4.78, 5) is 28.1. The molecule has 2 aromatic heterocycles. The van der Waals surface area contributed by atoms with Gasteiger partial charge < -0.3 is 28.3 Å². The van der Waals surface area contributed by atoms with Gasteiger partial charge in [-0.15, -0.1) is 0 Å². The number of para-hydroxylation sites is 1. The van der Waals surface area contributed by atoms with Crippen LogP contribution in [0.1, 0.15) is 27.9 Å². The summed E-state index contributed by atoms with van der Waals surface area (Å²) in [6, 6.07) is 16.4. The Bertz CT molecular complexity index is 1410. The second-order valence-corrected chi connectivity index (χ2v) is 7.78. The van der Waals surface area contributed by atoms with E-state index in [4.69, 9.17) is 18.3 Å². The average molecular weight is 459 g/mol. The molecule has 1 aliphatic heterocycles. The number of fused-ring (bicyclic) bond motifs is 1. The zero-order chi connectivity index (χ0) is 23.8. The highest BCUT2D eigenvalue weighted by molar-refractivity contribution is 6.16. The Kier molecular flexibility index (Phi) is 5.33. The number of amides is 1. The van der Waals surface area contributed by atoms with Gasteiger partial charge in [-0.05, 0) is 42.0 Å². The van der Waals surface area contributed by atoms with Crippen LogP contribution in [0.4, 0.5) is 0 Å². The van der Waals surface area contributed by atoms with Gasteiger partial charge in [0.1, 0.15) is 17.6 Å². The molecule has 4 aromatic rings. The van der Waals surface area contributed by atoms with E-state index in [0.29, 0.717) is 28.2 Å². The standard InChI is InChI=1S/C26H21NO7/c1-31-17-8-3-6-15(12-17)14-27-22(18-10-5-11-33-18)21(24(29)26(27)30)23(28)20-13-16-7-4-9-19(32-2)25(16)34-20/h3-13,22,29H,14H2,1-2H3. The molecule has 8 heteroatoms. The molecule has 1 amide bonds. The Balaban J connectivity index is 1.56. The molecular formula is C26H21NO7. The number of nitrogens with zero attached hydrogens (tertiary/aromatic N) is 1. The third-order valence-corrected chi connectivity index (χ3v) is 5.80. The number of furan rings is 2. The summed E-state index contributed by atoms with van der Waals surface area (Å²) in [7, 11) is 3.06. The van der Waals surface area contributed by atoms with Crippen LogP contribution in [0.3, 0.4) is 0 Å². The van der Waals surface area contributed by atoms with Crippen LogP contribution in [0.5, 0.6) is 11.5 Å². The first-order chi connectivity index (χ1) is 16.5. The summed E-state index contributed by atoms with van der Waals surface area (Å²) in [5.41, 5.74) is 1.06. The molecule has 1 aliphatic rings. The van der Waals surface area contributed by atoms with Crippen LogP contribution >= 0.6 is 0 Å². The van der Waals surface area contributed by atoms with Gasteiger partial charge in [0.05, 0.1) is 26.1 Å². The number of ketones is 1. The molecule has 172 valence electrons. The Labute approximate surface area is 194 Å². The second kappa shape index (κ2) is 8.47. The van der Waals surface area contributed by atoms with Crippen molar-refractivity contribution in [3.63, 3.8) is 0 Å². The number of hydrogen-bond acceptors (Lipinski definition) is 7. The van der Waals surface area contributed by atoms with E-state index < -0.39 is 23.5 Å². The van der Waals surface area contributed by atoms with E-state index >= 15 is 0 Å². The largest absolute Gasteiger partial charge is 0.503 e. The summed E-state index contributed by atoms with van der Waals surface area (Å²) < 4.78 is 22.0. The smallest absolute Gasteiger partial charge is 0.290 e. The Morgan fingerprint density at radius 3 is 2.62 bits per heavy atom. The van der Waals surface area contributed by atoms with E-state index in [1.165, 1.54) is 18.3 Å². The fraction of sp³-hybridized carbons (Fsp3) is 0.154. The first kappa shape index (κ1) is 21.4. The van der Waals surface area contributed by atoms with Gasteiger partial charge >= 0.3 is 0 Å². The Hall–Kier alpha value is -4.46. The molecule has 0 aliphatic carbocycles. The van der Waals surface area contributed by atoms with Gasteiger partial charge in [0, 0.05) is 11.9 Å². The van der Waals surface area contributed by atoms with Crippen LogP contribution < -0.4 is 9.47 Å². The van der Waals surface area contributed by atoms with Crippen molar-refractivity contribution in [1.29, 1.82) is 0 Å². The first-order valence-corrected chi connectivity index (χ1v) is 10.5. The van der Waals surface area contributed by atoms with Crippen LogP contribution in [0.2, 0.25) is 0 Å². The van der Waals surface area contributed by atoms with Gasteiger partial charge in [0.2, 0.25) is 5.78 Å². The van der Waals surface area contributed by atoms with Gasteiger partial charge in [-0.25, -0.2) is 0 Å².